The van der Waals surface area contributed by atoms with Crippen LogP contribution in [0.5, 0.6) is 0 Å². The minimum absolute atomic E-state index is 0.00616. The molecular formula is C10H13NO2S. The summed E-state index contributed by atoms with van der Waals surface area (Å²) >= 11 is 1.04. The number of carbonyl (C=O) groups excluding carboxylic acids is 2. The van der Waals surface area contributed by atoms with Gasteiger partial charge in [0.05, 0.1) is 5.75 Å². The minimum Gasteiger partial charge on any atom is -0.324 e. The second-order valence-electron chi connectivity index (χ2n) is 3.12. The molecule has 0 spiro atoms. The van der Waals surface area contributed by atoms with Crippen molar-refractivity contribution in [2.24, 2.45) is 5.73 Å². The van der Waals surface area contributed by atoms with Crippen LogP contribution in [0.4, 0.5) is 0 Å². The average molecular weight is 211 g/mol. The molecule has 0 fully saturated rings. The quantitative estimate of drug-likeness (QED) is 0.758. The summed E-state index contributed by atoms with van der Waals surface area (Å²) in [5.41, 5.74) is 6.28. The van der Waals surface area contributed by atoms with Gasteiger partial charge in [0.2, 0.25) is 0 Å². The van der Waals surface area contributed by atoms with Gasteiger partial charge in [-0.1, -0.05) is 30.0 Å². The molecule has 0 aliphatic heterocycles. The molecule has 4 heteroatoms. The Kier molecular flexibility index (Phi) is 4.10. The van der Waals surface area contributed by atoms with E-state index >= 15 is 0 Å². The number of allylic oxidation sites excluding steroid dienone is 2. The third kappa shape index (κ3) is 3.47. The predicted octanol–water partition coefficient (Wildman–Crippen LogP) is 1.05. The minimum atomic E-state index is -0.0320. The monoisotopic (exact) mass is 211 g/mol. The van der Waals surface area contributed by atoms with Gasteiger partial charge in [0.15, 0.2) is 10.9 Å². The van der Waals surface area contributed by atoms with E-state index in [0.29, 0.717) is 12.0 Å². The van der Waals surface area contributed by atoms with Crippen molar-refractivity contribution in [3.05, 3.63) is 23.8 Å². The summed E-state index contributed by atoms with van der Waals surface area (Å²) in [7, 11) is 0. The summed E-state index contributed by atoms with van der Waals surface area (Å²) < 4.78 is 0. The Bertz CT molecular complexity index is 307. The number of ketones is 1. The number of nitrogens with two attached hydrogens (primary N) is 1. The number of Topliss-reactive ketones (excluding diaryl/α,β-unsaturated/α-hetero) is 1. The van der Waals surface area contributed by atoms with E-state index in [-0.39, 0.29) is 22.7 Å². The number of hydrogen-bond acceptors (Lipinski definition) is 4. The Hall–Kier alpha value is -0.870. The lowest BCUT2D eigenvalue weighted by Crippen LogP contribution is -2.19. The zero-order valence-corrected chi connectivity index (χ0v) is 8.84. The molecule has 0 amide bonds. The van der Waals surface area contributed by atoms with Crippen molar-refractivity contribution in [1.82, 2.24) is 0 Å². The van der Waals surface area contributed by atoms with Crippen LogP contribution in [0, 0.1) is 0 Å². The maximum atomic E-state index is 11.5. The molecule has 0 aromatic rings. The Morgan fingerprint density at radius 2 is 2.36 bits per heavy atom. The highest BCUT2D eigenvalue weighted by atomic mass is 32.2. The van der Waals surface area contributed by atoms with Gasteiger partial charge in [-0.3, -0.25) is 9.59 Å². The molecule has 0 saturated carbocycles. The highest BCUT2D eigenvalue weighted by Gasteiger charge is 2.11. The maximum Gasteiger partial charge on any atom is 0.186 e. The van der Waals surface area contributed by atoms with E-state index in [1.54, 1.807) is 6.08 Å². The molecule has 2 N–H and O–H groups in total. The van der Waals surface area contributed by atoms with E-state index in [1.165, 1.54) is 6.92 Å². The molecule has 1 aliphatic rings. The molecule has 1 aliphatic carbocycles. The van der Waals surface area contributed by atoms with Crippen LogP contribution in [0.15, 0.2) is 23.8 Å². The summed E-state index contributed by atoms with van der Waals surface area (Å²) in [4.78, 5) is 22.1. The Morgan fingerprint density at radius 3 is 2.86 bits per heavy atom. The van der Waals surface area contributed by atoms with Crippen molar-refractivity contribution in [1.29, 1.82) is 0 Å². The van der Waals surface area contributed by atoms with Gasteiger partial charge >= 0.3 is 0 Å². The summed E-state index contributed by atoms with van der Waals surface area (Å²) in [5, 5.41) is -0.0320. The molecule has 0 heterocycles. The zero-order valence-electron chi connectivity index (χ0n) is 8.03. The molecule has 3 nitrogen and oxygen atoms in total. The zero-order chi connectivity index (χ0) is 10.6. The number of carbonyl (C=O) groups is 2. The second kappa shape index (κ2) is 5.12. The van der Waals surface area contributed by atoms with Gasteiger partial charge in [-0.2, -0.15) is 0 Å². The van der Waals surface area contributed by atoms with Crippen molar-refractivity contribution < 1.29 is 9.59 Å². The van der Waals surface area contributed by atoms with Crippen LogP contribution < -0.4 is 5.73 Å². The SMILES string of the molecule is CC(=O)SCC(=O)C1=CCC(N)C=C1. The van der Waals surface area contributed by atoms with Gasteiger partial charge in [-0.25, -0.2) is 0 Å². The molecule has 0 aromatic heterocycles. The van der Waals surface area contributed by atoms with E-state index in [4.69, 9.17) is 5.73 Å². The number of thioether (sulfide) groups is 1. The van der Waals surface area contributed by atoms with Crippen molar-refractivity contribution >= 4 is 22.7 Å². The fourth-order valence-electron chi connectivity index (χ4n) is 1.09. The summed E-state index contributed by atoms with van der Waals surface area (Å²) in [5.74, 6) is 0.217. The maximum absolute atomic E-state index is 11.5. The first-order valence-electron chi connectivity index (χ1n) is 4.40. The largest absolute Gasteiger partial charge is 0.324 e. The standard InChI is InChI=1S/C10H13NO2S/c1-7(12)14-6-10(13)8-2-4-9(11)5-3-8/h2-4,9H,5-6,11H2,1H3. The fraction of sp³-hybridized carbons (Fsp3) is 0.400. The van der Waals surface area contributed by atoms with Crippen LogP contribution in [0.2, 0.25) is 0 Å². The lowest BCUT2D eigenvalue weighted by atomic mass is 10.0. The van der Waals surface area contributed by atoms with Crippen LogP contribution in [0.3, 0.4) is 0 Å². The highest BCUT2D eigenvalue weighted by molar-refractivity contribution is 8.14. The third-order valence-electron chi connectivity index (χ3n) is 1.86. The van der Waals surface area contributed by atoms with Crippen LogP contribution in [-0.4, -0.2) is 22.7 Å². The molecular weight excluding hydrogens is 198 g/mol. The van der Waals surface area contributed by atoms with Gasteiger partial charge in [-0.05, 0) is 6.42 Å². The topological polar surface area (TPSA) is 60.2 Å². The van der Waals surface area contributed by atoms with E-state index in [0.717, 1.165) is 11.8 Å². The first kappa shape index (κ1) is 11.2. The van der Waals surface area contributed by atoms with Crippen molar-refractivity contribution in [2.75, 3.05) is 5.75 Å². The van der Waals surface area contributed by atoms with Gasteiger partial charge in [-0.15, -0.1) is 0 Å². The Labute approximate surface area is 87.4 Å². The summed E-state index contributed by atoms with van der Waals surface area (Å²) in [6.45, 7) is 1.46. The van der Waals surface area contributed by atoms with E-state index in [2.05, 4.69) is 0 Å². The first-order valence-corrected chi connectivity index (χ1v) is 5.38. The Balaban J connectivity index is 2.46. The fourth-order valence-corrected chi connectivity index (χ4v) is 1.60. The van der Waals surface area contributed by atoms with Gasteiger partial charge < -0.3 is 5.73 Å². The van der Waals surface area contributed by atoms with Crippen molar-refractivity contribution in [2.45, 2.75) is 19.4 Å². The smallest absolute Gasteiger partial charge is 0.186 e. The molecule has 14 heavy (non-hydrogen) atoms. The number of rotatable bonds is 3. The first-order chi connectivity index (χ1) is 6.59. The molecule has 1 atom stereocenters. The lowest BCUT2D eigenvalue weighted by molar-refractivity contribution is -0.113. The summed E-state index contributed by atoms with van der Waals surface area (Å²) in [6.07, 6.45) is 6.07. The van der Waals surface area contributed by atoms with E-state index in [9.17, 15) is 9.59 Å². The molecule has 1 rings (SSSR count). The molecule has 0 radical (unpaired) electrons. The van der Waals surface area contributed by atoms with Gasteiger partial charge in [0.25, 0.3) is 0 Å². The molecule has 0 saturated heterocycles. The van der Waals surface area contributed by atoms with Crippen molar-refractivity contribution in [3.63, 3.8) is 0 Å². The number of hydrogen-bond donors (Lipinski definition) is 1. The molecule has 0 aromatic carbocycles. The molecule has 1 unspecified atom stereocenters. The normalized spacial score (nSPS) is 20.4. The van der Waals surface area contributed by atoms with Crippen LogP contribution in [-0.2, 0) is 9.59 Å². The highest BCUT2D eigenvalue weighted by Crippen LogP contribution is 2.13. The Morgan fingerprint density at radius 1 is 1.64 bits per heavy atom. The lowest BCUT2D eigenvalue weighted by Gasteiger charge is -2.10. The van der Waals surface area contributed by atoms with Gasteiger partial charge in [0, 0.05) is 18.5 Å². The van der Waals surface area contributed by atoms with Crippen LogP contribution in [0.1, 0.15) is 13.3 Å². The van der Waals surface area contributed by atoms with E-state index in [1.807, 2.05) is 12.2 Å². The van der Waals surface area contributed by atoms with E-state index < -0.39 is 0 Å². The molecule has 0 bridgehead atoms. The van der Waals surface area contributed by atoms with Crippen molar-refractivity contribution in [3.8, 4) is 0 Å². The summed E-state index contributed by atoms with van der Waals surface area (Å²) in [6, 6.07) is 0.0204. The van der Waals surface area contributed by atoms with Crippen LogP contribution in [0.25, 0.3) is 0 Å². The van der Waals surface area contributed by atoms with Gasteiger partial charge in [0.1, 0.15) is 0 Å². The van der Waals surface area contributed by atoms with Crippen LogP contribution >= 0.6 is 11.8 Å². The average Bonchev–Trinajstić information content (AvgIpc) is 2.15. The second-order valence-corrected chi connectivity index (χ2v) is 4.27. The molecule has 76 valence electrons. The predicted molar refractivity (Wildman–Crippen MR) is 58.0 cm³/mol. The third-order valence-corrected chi connectivity index (χ3v) is 2.67.